The van der Waals surface area contributed by atoms with Crippen molar-refractivity contribution in [3.63, 3.8) is 0 Å². The number of hydroxylamine groups is 1. The number of anilines is 1. The van der Waals surface area contributed by atoms with Gasteiger partial charge in [0.2, 0.25) is 5.91 Å². The van der Waals surface area contributed by atoms with Gasteiger partial charge in [-0.2, -0.15) is 5.10 Å². The van der Waals surface area contributed by atoms with Gasteiger partial charge in [0.15, 0.2) is 0 Å². The van der Waals surface area contributed by atoms with Crippen LogP contribution in [0.2, 0.25) is 0 Å². The third-order valence-electron chi connectivity index (χ3n) is 4.62. The summed E-state index contributed by atoms with van der Waals surface area (Å²) in [6.45, 7) is 1.33. The zero-order valence-electron chi connectivity index (χ0n) is 15.0. The fourth-order valence-electron chi connectivity index (χ4n) is 3.29. The fourth-order valence-corrected chi connectivity index (χ4v) is 3.29. The SMILES string of the molecule is O=C1CN(Cc2ccc(-n3cccn3)cc2)Cc2cc(C(=O)NO)ccc2N1. The lowest BCUT2D eigenvalue weighted by molar-refractivity contribution is -0.117. The number of fused-ring (bicyclic) bond motifs is 1. The number of amides is 2. The Morgan fingerprint density at radius 2 is 2.00 bits per heavy atom. The van der Waals surface area contributed by atoms with Crippen LogP contribution in [0.1, 0.15) is 21.5 Å². The molecule has 1 aliphatic rings. The summed E-state index contributed by atoms with van der Waals surface area (Å²) in [6, 6.07) is 14.8. The number of carbonyl (C=O) groups excluding carboxylic acids is 2. The third kappa shape index (κ3) is 3.78. The second-order valence-corrected chi connectivity index (χ2v) is 6.62. The monoisotopic (exact) mass is 377 g/mol. The highest BCUT2D eigenvalue weighted by atomic mass is 16.5. The minimum Gasteiger partial charge on any atom is -0.325 e. The molecule has 0 saturated carbocycles. The number of aromatic nitrogens is 2. The van der Waals surface area contributed by atoms with Crippen LogP contribution in [0.15, 0.2) is 60.9 Å². The minimum absolute atomic E-state index is 0.105. The maximum atomic E-state index is 12.2. The zero-order chi connectivity index (χ0) is 19.5. The first-order valence-corrected chi connectivity index (χ1v) is 8.81. The summed E-state index contributed by atoms with van der Waals surface area (Å²) in [5, 5.41) is 15.9. The van der Waals surface area contributed by atoms with Crippen LogP contribution in [-0.4, -0.2) is 38.2 Å². The van der Waals surface area contributed by atoms with Gasteiger partial charge < -0.3 is 5.32 Å². The van der Waals surface area contributed by atoms with Crippen molar-refractivity contribution in [1.29, 1.82) is 0 Å². The van der Waals surface area contributed by atoms with Gasteiger partial charge in [0, 0.05) is 36.7 Å². The first-order valence-electron chi connectivity index (χ1n) is 8.81. The Bertz CT molecular complexity index is 999. The molecule has 2 amide bonds. The van der Waals surface area contributed by atoms with Crippen molar-refractivity contribution in [1.82, 2.24) is 20.2 Å². The Morgan fingerprint density at radius 1 is 1.18 bits per heavy atom. The van der Waals surface area contributed by atoms with Crippen LogP contribution in [-0.2, 0) is 17.9 Å². The van der Waals surface area contributed by atoms with Crippen LogP contribution in [0.4, 0.5) is 5.69 Å². The van der Waals surface area contributed by atoms with E-state index in [0.717, 1.165) is 16.8 Å². The summed E-state index contributed by atoms with van der Waals surface area (Å²) in [5.41, 5.74) is 5.50. The van der Waals surface area contributed by atoms with Crippen molar-refractivity contribution in [2.45, 2.75) is 13.1 Å². The average Bonchev–Trinajstić information content (AvgIpc) is 3.18. The molecule has 2 heterocycles. The Kier molecular flexibility index (Phi) is 4.88. The summed E-state index contributed by atoms with van der Waals surface area (Å²) in [5.74, 6) is -0.689. The van der Waals surface area contributed by atoms with Crippen LogP contribution < -0.4 is 10.8 Å². The molecule has 0 fully saturated rings. The normalized spacial score (nSPS) is 14.1. The fraction of sp³-hybridized carbons (Fsp3) is 0.150. The summed E-state index contributed by atoms with van der Waals surface area (Å²) >= 11 is 0. The molecule has 0 aliphatic carbocycles. The van der Waals surface area contributed by atoms with E-state index in [-0.39, 0.29) is 12.5 Å². The van der Waals surface area contributed by atoms with E-state index in [9.17, 15) is 9.59 Å². The van der Waals surface area contributed by atoms with Crippen LogP contribution in [0.25, 0.3) is 5.69 Å². The van der Waals surface area contributed by atoms with E-state index in [2.05, 4.69) is 10.4 Å². The maximum Gasteiger partial charge on any atom is 0.274 e. The zero-order valence-corrected chi connectivity index (χ0v) is 15.0. The molecular weight excluding hydrogens is 358 g/mol. The van der Waals surface area contributed by atoms with Crippen LogP contribution in [0.3, 0.4) is 0 Å². The molecule has 8 nitrogen and oxygen atoms in total. The Labute approximate surface area is 161 Å². The van der Waals surface area contributed by atoms with Crippen LogP contribution in [0, 0.1) is 0 Å². The van der Waals surface area contributed by atoms with Crippen molar-refractivity contribution in [3.8, 4) is 5.69 Å². The molecule has 142 valence electrons. The van der Waals surface area contributed by atoms with Gasteiger partial charge in [-0.1, -0.05) is 12.1 Å². The molecule has 0 atom stereocenters. The number of rotatable bonds is 4. The Morgan fingerprint density at radius 3 is 2.71 bits per heavy atom. The molecule has 8 heteroatoms. The largest absolute Gasteiger partial charge is 0.325 e. The van der Waals surface area contributed by atoms with Gasteiger partial charge in [-0.15, -0.1) is 0 Å². The lowest BCUT2D eigenvalue weighted by atomic mass is 10.1. The molecule has 0 spiro atoms. The summed E-state index contributed by atoms with van der Waals surface area (Å²) < 4.78 is 1.78. The quantitative estimate of drug-likeness (QED) is 0.477. The van der Waals surface area contributed by atoms with Gasteiger partial charge in [-0.25, -0.2) is 10.2 Å². The van der Waals surface area contributed by atoms with E-state index in [1.807, 2.05) is 41.4 Å². The van der Waals surface area contributed by atoms with Crippen molar-refractivity contribution >= 4 is 17.5 Å². The highest BCUT2D eigenvalue weighted by molar-refractivity contribution is 5.97. The molecule has 4 rings (SSSR count). The van der Waals surface area contributed by atoms with Gasteiger partial charge in [-0.05, 0) is 47.5 Å². The standard InChI is InChI=1S/C20H19N5O3/c26-19-13-24(11-14-2-5-17(6-3-14)25-9-1-8-21-25)12-16-10-15(20(27)23-28)4-7-18(16)22-19/h1-10,28H,11-13H2,(H,22,26)(H,23,27). The number of nitrogens with zero attached hydrogens (tertiary/aromatic N) is 3. The van der Waals surface area contributed by atoms with Crippen molar-refractivity contribution < 1.29 is 14.8 Å². The third-order valence-corrected chi connectivity index (χ3v) is 4.62. The lowest BCUT2D eigenvalue weighted by Crippen LogP contribution is -2.29. The van der Waals surface area contributed by atoms with Gasteiger partial charge in [0.25, 0.3) is 5.91 Å². The summed E-state index contributed by atoms with van der Waals surface area (Å²) in [7, 11) is 0. The second-order valence-electron chi connectivity index (χ2n) is 6.62. The predicted molar refractivity (Wildman–Crippen MR) is 102 cm³/mol. The summed E-state index contributed by atoms with van der Waals surface area (Å²) in [6.07, 6.45) is 3.61. The molecule has 0 bridgehead atoms. The number of nitrogens with one attached hydrogen (secondary N) is 2. The second kappa shape index (κ2) is 7.63. The van der Waals surface area contributed by atoms with E-state index < -0.39 is 5.91 Å². The van der Waals surface area contributed by atoms with E-state index in [1.54, 1.807) is 34.6 Å². The average molecular weight is 377 g/mol. The molecule has 1 aliphatic heterocycles. The summed E-state index contributed by atoms with van der Waals surface area (Å²) in [4.78, 5) is 25.9. The van der Waals surface area contributed by atoms with E-state index in [4.69, 9.17) is 5.21 Å². The number of hydrogen-bond acceptors (Lipinski definition) is 5. The molecule has 3 N–H and O–H groups in total. The molecule has 0 radical (unpaired) electrons. The molecule has 1 aromatic heterocycles. The minimum atomic E-state index is -0.584. The maximum absolute atomic E-state index is 12.2. The molecule has 0 saturated heterocycles. The first kappa shape index (κ1) is 17.9. The molecule has 28 heavy (non-hydrogen) atoms. The van der Waals surface area contributed by atoms with E-state index in [1.165, 1.54) is 0 Å². The predicted octanol–water partition coefficient (Wildman–Crippen LogP) is 1.95. The van der Waals surface area contributed by atoms with Crippen LogP contribution in [0.5, 0.6) is 0 Å². The van der Waals surface area contributed by atoms with E-state index in [0.29, 0.717) is 24.3 Å². The number of hydrogen-bond donors (Lipinski definition) is 3. The lowest BCUT2D eigenvalue weighted by Gasteiger charge is -2.19. The number of benzene rings is 2. The Hall–Kier alpha value is -3.49. The van der Waals surface area contributed by atoms with Crippen molar-refractivity contribution in [3.05, 3.63) is 77.6 Å². The first-order chi connectivity index (χ1) is 13.6. The van der Waals surface area contributed by atoms with Gasteiger partial charge >= 0.3 is 0 Å². The van der Waals surface area contributed by atoms with E-state index >= 15 is 0 Å². The van der Waals surface area contributed by atoms with Crippen molar-refractivity contribution in [2.75, 3.05) is 11.9 Å². The Balaban J connectivity index is 1.53. The smallest absolute Gasteiger partial charge is 0.274 e. The highest BCUT2D eigenvalue weighted by Crippen LogP contribution is 2.23. The highest BCUT2D eigenvalue weighted by Gasteiger charge is 2.20. The molecule has 2 aromatic carbocycles. The van der Waals surface area contributed by atoms with Gasteiger partial charge in [-0.3, -0.25) is 19.7 Å². The van der Waals surface area contributed by atoms with Crippen molar-refractivity contribution in [2.24, 2.45) is 0 Å². The van der Waals surface area contributed by atoms with Gasteiger partial charge in [0.05, 0.1) is 12.2 Å². The molecular formula is C20H19N5O3. The topological polar surface area (TPSA) is 99.5 Å². The van der Waals surface area contributed by atoms with Gasteiger partial charge in [0.1, 0.15) is 0 Å². The van der Waals surface area contributed by atoms with Crippen LogP contribution >= 0.6 is 0 Å². The molecule has 3 aromatic rings. The number of carbonyl (C=O) groups is 2. The molecule has 0 unspecified atom stereocenters.